The van der Waals surface area contributed by atoms with Crippen LogP contribution in [-0.2, 0) is 30.4 Å². The summed E-state index contributed by atoms with van der Waals surface area (Å²) in [5, 5.41) is 16.2. The zero-order chi connectivity index (χ0) is 39.3. The number of amides is 4. The Balaban J connectivity index is 1.12. The number of carbonyl (C=O) groups is 4. The molecule has 1 saturated carbocycles. The van der Waals surface area contributed by atoms with E-state index in [1.54, 1.807) is 21.7 Å². The number of ether oxygens (including phenoxy) is 2. The third-order valence-corrected chi connectivity index (χ3v) is 12.6. The summed E-state index contributed by atoms with van der Waals surface area (Å²) in [7, 11) is 0. The number of thioether (sulfide) groups is 1. The van der Waals surface area contributed by atoms with Crippen LogP contribution in [0.1, 0.15) is 84.4 Å². The summed E-state index contributed by atoms with van der Waals surface area (Å²) in [5.74, 6) is -0.824. The van der Waals surface area contributed by atoms with Crippen molar-refractivity contribution >= 4 is 46.9 Å². The highest BCUT2D eigenvalue weighted by Gasteiger charge is 2.54. The van der Waals surface area contributed by atoms with Crippen LogP contribution in [0.15, 0.2) is 29.8 Å². The van der Waals surface area contributed by atoms with E-state index in [1.165, 1.54) is 16.7 Å². The van der Waals surface area contributed by atoms with Gasteiger partial charge >= 0.3 is 6.09 Å². The van der Waals surface area contributed by atoms with Gasteiger partial charge in [-0.15, -0.1) is 11.3 Å². The number of carbonyl (C=O) groups excluding carboxylic acids is 4. The third-order valence-electron chi connectivity index (χ3n) is 10.2. The number of aryl methyl sites for hydroxylation is 1. The Kier molecular flexibility index (Phi) is 13.7. The van der Waals surface area contributed by atoms with Gasteiger partial charge in [-0.2, -0.15) is 11.8 Å². The molecule has 4 amide bonds. The van der Waals surface area contributed by atoms with Gasteiger partial charge in [0.25, 0.3) is 5.91 Å². The predicted molar refractivity (Wildman–Crippen MR) is 208 cm³/mol. The second-order valence-corrected chi connectivity index (χ2v) is 18.8. The van der Waals surface area contributed by atoms with Gasteiger partial charge < -0.3 is 35.0 Å². The molecular formula is C39H56FN5O7S2. The van der Waals surface area contributed by atoms with Gasteiger partial charge in [-0.25, -0.2) is 14.2 Å². The maximum atomic E-state index is 14.9. The first-order valence-electron chi connectivity index (χ1n) is 18.9. The van der Waals surface area contributed by atoms with Gasteiger partial charge in [-0.3, -0.25) is 14.4 Å². The van der Waals surface area contributed by atoms with E-state index in [2.05, 4.69) is 15.6 Å². The molecule has 2 saturated heterocycles. The molecule has 298 valence electrons. The Morgan fingerprint density at radius 1 is 1.09 bits per heavy atom. The van der Waals surface area contributed by atoms with Crippen LogP contribution < -0.4 is 10.6 Å². The van der Waals surface area contributed by atoms with Crippen LogP contribution in [0.2, 0.25) is 0 Å². The number of aromatic nitrogens is 1. The molecule has 54 heavy (non-hydrogen) atoms. The molecule has 5 rings (SSSR count). The summed E-state index contributed by atoms with van der Waals surface area (Å²) in [6.07, 6.45) is 1.68. The number of halogens is 1. The van der Waals surface area contributed by atoms with Crippen LogP contribution in [0, 0.1) is 12.8 Å². The lowest BCUT2D eigenvalue weighted by atomic mass is 9.94. The molecule has 3 fully saturated rings. The number of hydrogen-bond donors (Lipinski definition) is 3. The lowest BCUT2D eigenvalue weighted by Crippen LogP contribution is -2.61. The molecule has 3 aliphatic rings. The van der Waals surface area contributed by atoms with Crippen molar-refractivity contribution in [2.24, 2.45) is 5.92 Å². The van der Waals surface area contributed by atoms with Crippen LogP contribution in [0.3, 0.4) is 0 Å². The van der Waals surface area contributed by atoms with E-state index in [9.17, 15) is 28.7 Å². The van der Waals surface area contributed by atoms with E-state index in [-0.39, 0.29) is 38.4 Å². The van der Waals surface area contributed by atoms with Crippen molar-refractivity contribution in [2.75, 3.05) is 38.6 Å². The van der Waals surface area contributed by atoms with Crippen LogP contribution in [-0.4, -0.2) is 117 Å². The Bertz CT molecular complexity index is 1620. The first kappa shape index (κ1) is 41.9. The minimum Gasteiger partial charge on any atom is -0.444 e. The van der Waals surface area contributed by atoms with Gasteiger partial charge in [0.2, 0.25) is 11.8 Å². The van der Waals surface area contributed by atoms with E-state index < -0.39 is 51.9 Å². The Hall–Kier alpha value is -3.27. The molecule has 1 aromatic heterocycles. The number of thiazole rings is 1. The minimum atomic E-state index is -2.00. The van der Waals surface area contributed by atoms with Gasteiger partial charge in [0.1, 0.15) is 17.7 Å². The molecule has 3 N–H and O–H groups in total. The Morgan fingerprint density at radius 2 is 1.78 bits per heavy atom. The minimum absolute atomic E-state index is 0.0519. The lowest BCUT2D eigenvalue weighted by Gasteiger charge is -2.37. The average molecular weight is 790 g/mol. The number of piperidine rings is 1. The summed E-state index contributed by atoms with van der Waals surface area (Å²) in [4.78, 5) is 61.6. The maximum Gasteiger partial charge on any atom is 0.410 e. The fraction of sp³-hybridized carbons (Fsp3) is 0.667. The van der Waals surface area contributed by atoms with E-state index in [0.29, 0.717) is 38.0 Å². The quantitative estimate of drug-likeness (QED) is 0.206. The van der Waals surface area contributed by atoms with Crippen LogP contribution in [0.4, 0.5) is 9.18 Å². The fourth-order valence-electron chi connectivity index (χ4n) is 6.79. The molecule has 0 spiro atoms. The Morgan fingerprint density at radius 3 is 2.39 bits per heavy atom. The molecule has 1 unspecified atom stereocenters. The molecule has 2 aromatic rings. The maximum absolute atomic E-state index is 14.9. The molecule has 3 heterocycles. The standard InChI is InChI=1S/C39H56FN5O7S2/c1-25-31(53-24-42-25)28-9-7-27(8-10-28)22-41-33(47)30-21-29(46)23-45(30)34(48)32(43-35(49)39(40)14-15-39)38(5,6)54-20-19-51-18-13-26-11-16-44(17-12-26)36(50)52-37(2,3)4/h7-10,24,26,29-30,32,46H,11-23H2,1-6H3,(H,41,47)(H,43,49)/t29-,30+,32?/m1/s1. The molecule has 2 aliphatic heterocycles. The van der Waals surface area contributed by atoms with Crippen molar-refractivity contribution in [1.29, 1.82) is 0 Å². The first-order chi connectivity index (χ1) is 25.5. The number of β-amino-alcohol motifs (C(OH)–C–C–N with tert-alkyl or cyclic N) is 1. The highest BCUT2D eigenvalue weighted by atomic mass is 32.2. The van der Waals surface area contributed by atoms with E-state index in [4.69, 9.17) is 9.47 Å². The molecule has 15 heteroatoms. The molecule has 0 bridgehead atoms. The van der Waals surface area contributed by atoms with Gasteiger partial charge in [0, 0.05) is 49.7 Å². The lowest BCUT2D eigenvalue weighted by molar-refractivity contribution is -0.143. The highest BCUT2D eigenvalue weighted by Crippen LogP contribution is 2.41. The second kappa shape index (κ2) is 17.7. The first-order valence-corrected chi connectivity index (χ1v) is 20.8. The van der Waals surface area contributed by atoms with Crippen molar-refractivity contribution in [3.05, 3.63) is 41.0 Å². The van der Waals surface area contributed by atoms with E-state index in [0.717, 1.165) is 41.0 Å². The fourth-order valence-corrected chi connectivity index (χ4v) is 8.66. The number of nitrogens with one attached hydrogen (secondary N) is 2. The van der Waals surface area contributed by atoms with Crippen molar-refractivity contribution < 1.29 is 38.1 Å². The molecule has 1 aromatic carbocycles. The average Bonchev–Trinajstić information content (AvgIpc) is 3.53. The number of aliphatic hydroxyl groups is 1. The normalized spacial score (nSPS) is 20.7. The number of aliphatic hydroxyl groups excluding tert-OH is 1. The second-order valence-electron chi connectivity index (χ2n) is 16.2. The predicted octanol–water partition coefficient (Wildman–Crippen LogP) is 5.25. The van der Waals surface area contributed by atoms with E-state index in [1.807, 2.05) is 65.8 Å². The van der Waals surface area contributed by atoms with Gasteiger partial charge in [0.15, 0.2) is 5.67 Å². The largest absolute Gasteiger partial charge is 0.444 e. The van der Waals surface area contributed by atoms with Crippen molar-refractivity contribution in [3.8, 4) is 10.4 Å². The molecule has 1 aliphatic carbocycles. The van der Waals surface area contributed by atoms with Gasteiger partial charge in [-0.05, 0) is 90.7 Å². The monoisotopic (exact) mass is 789 g/mol. The number of rotatable bonds is 15. The molecule has 3 atom stereocenters. The molecular weight excluding hydrogens is 734 g/mol. The topological polar surface area (TPSA) is 150 Å². The SMILES string of the molecule is Cc1ncsc1-c1ccc(CNC(=O)[C@@H]2C[C@@H](O)CN2C(=O)C(NC(=O)C2(F)CC2)C(C)(C)SCCOCCC2CCN(C(=O)OC(C)(C)C)CC2)cc1. The molecule has 12 nitrogen and oxygen atoms in total. The molecule has 0 radical (unpaired) electrons. The highest BCUT2D eigenvalue weighted by molar-refractivity contribution is 8.00. The summed E-state index contributed by atoms with van der Waals surface area (Å²) < 4.78 is 25.5. The summed E-state index contributed by atoms with van der Waals surface area (Å²) in [6, 6.07) is 5.71. The third kappa shape index (κ3) is 11.2. The Labute approximate surface area is 326 Å². The summed E-state index contributed by atoms with van der Waals surface area (Å²) in [5.41, 5.74) is 2.15. The van der Waals surface area contributed by atoms with Gasteiger partial charge in [0.05, 0.1) is 28.8 Å². The number of likely N-dealkylation sites (tertiary alicyclic amines) is 2. The van der Waals surface area contributed by atoms with Crippen molar-refractivity contribution in [2.45, 2.75) is 121 Å². The number of hydrogen-bond acceptors (Lipinski definition) is 10. The summed E-state index contributed by atoms with van der Waals surface area (Å²) in [6.45, 7) is 13.6. The van der Waals surface area contributed by atoms with Crippen LogP contribution in [0.5, 0.6) is 0 Å². The zero-order valence-corrected chi connectivity index (χ0v) is 34.0. The smallest absolute Gasteiger partial charge is 0.410 e. The van der Waals surface area contributed by atoms with Crippen LogP contribution >= 0.6 is 23.1 Å². The number of benzene rings is 1. The number of alkyl halides is 1. The van der Waals surface area contributed by atoms with Crippen LogP contribution in [0.25, 0.3) is 10.4 Å². The number of nitrogens with zero attached hydrogens (tertiary/aromatic N) is 3. The van der Waals surface area contributed by atoms with Crippen molar-refractivity contribution in [3.63, 3.8) is 0 Å². The van der Waals surface area contributed by atoms with Gasteiger partial charge in [-0.1, -0.05) is 24.3 Å². The van der Waals surface area contributed by atoms with Crippen molar-refractivity contribution in [1.82, 2.24) is 25.4 Å². The summed E-state index contributed by atoms with van der Waals surface area (Å²) >= 11 is 2.99. The van der Waals surface area contributed by atoms with E-state index >= 15 is 0 Å². The zero-order valence-electron chi connectivity index (χ0n) is 32.3.